The second-order valence-corrected chi connectivity index (χ2v) is 4.64. The third-order valence-corrected chi connectivity index (χ3v) is 3.52. The summed E-state index contributed by atoms with van der Waals surface area (Å²) in [6.45, 7) is 0. The molecular weight excluding hydrogens is 251 g/mol. The largest absolute Gasteiger partial charge is 0.569 e. The molecule has 0 spiro atoms. The monoisotopic (exact) mass is 261 g/mol. The van der Waals surface area contributed by atoms with Gasteiger partial charge in [-0.15, -0.1) is 0 Å². The number of rotatable bonds is 2. The van der Waals surface area contributed by atoms with Crippen LogP contribution in [0.25, 0.3) is 32.7 Å². The van der Waals surface area contributed by atoms with E-state index < -0.39 is 0 Å². The first-order valence-electron chi connectivity index (χ1n) is 6.33. The van der Waals surface area contributed by atoms with Gasteiger partial charge in [0, 0.05) is 10.8 Å². The van der Waals surface area contributed by atoms with E-state index in [-0.39, 0.29) is 0 Å². The summed E-state index contributed by atoms with van der Waals surface area (Å²) in [5, 5.41) is 13.1. The van der Waals surface area contributed by atoms with E-state index in [1.54, 1.807) is 0 Å². The minimum absolute atomic E-state index is 0.604. The fourth-order valence-electron chi connectivity index (χ4n) is 2.67. The number of fused-ring (bicyclic) bond motifs is 5. The first-order valence-corrected chi connectivity index (χ1v) is 6.33. The lowest BCUT2D eigenvalue weighted by atomic mass is 10.0. The van der Waals surface area contributed by atoms with Gasteiger partial charge in [0.05, 0.1) is 0 Å². The van der Waals surface area contributed by atoms with Gasteiger partial charge in [0.1, 0.15) is 16.9 Å². The molecule has 4 heteroatoms. The van der Waals surface area contributed by atoms with Crippen LogP contribution >= 0.6 is 0 Å². The van der Waals surface area contributed by atoms with Gasteiger partial charge in [-0.2, -0.15) is 0 Å². The summed E-state index contributed by atoms with van der Waals surface area (Å²) >= 11 is 0. The van der Waals surface area contributed by atoms with Gasteiger partial charge in [-0.05, 0) is 35.0 Å². The molecule has 1 heterocycles. The average Bonchev–Trinajstić information content (AvgIpc) is 2.86. The minimum Gasteiger partial charge on any atom is -0.537 e. The summed E-state index contributed by atoms with van der Waals surface area (Å²) in [4.78, 5) is 0. The lowest BCUT2D eigenvalue weighted by Gasteiger charge is -2.04. The molecule has 0 unspecified atom stereocenters. The van der Waals surface area contributed by atoms with E-state index in [4.69, 9.17) is 14.1 Å². The first kappa shape index (κ1) is 11.4. The van der Waals surface area contributed by atoms with Gasteiger partial charge < -0.3 is 14.1 Å². The van der Waals surface area contributed by atoms with Gasteiger partial charge in [-0.1, -0.05) is 30.3 Å². The Kier molecular flexibility index (Phi) is 2.44. The molecule has 1 N–H and O–H groups in total. The topological polar surface area (TPSA) is 42.6 Å². The second kappa shape index (κ2) is 4.29. The maximum atomic E-state index is 8.71. The standard InChI is InChI=1S/C16H10BO3/c18-17-20-11-6-7-12-10(9-11)5-8-15-16(12)13-3-1-2-4-14(13)19-15/h1-9,18H. The van der Waals surface area contributed by atoms with Crippen molar-refractivity contribution in [1.29, 1.82) is 0 Å². The molecule has 0 saturated carbocycles. The Labute approximate surface area is 115 Å². The van der Waals surface area contributed by atoms with Crippen LogP contribution in [-0.2, 0) is 0 Å². The van der Waals surface area contributed by atoms with Crippen molar-refractivity contribution in [2.45, 2.75) is 0 Å². The van der Waals surface area contributed by atoms with E-state index in [2.05, 4.69) is 6.07 Å². The van der Waals surface area contributed by atoms with Crippen LogP contribution in [0.3, 0.4) is 0 Å². The van der Waals surface area contributed by atoms with Gasteiger partial charge >= 0.3 is 7.69 Å². The summed E-state index contributed by atoms with van der Waals surface area (Å²) in [6, 6.07) is 17.7. The minimum atomic E-state index is 0.604. The second-order valence-electron chi connectivity index (χ2n) is 4.64. The SMILES string of the molecule is O[B]Oc1ccc2c(ccc3oc4ccccc4c32)c1. The van der Waals surface area contributed by atoms with Crippen molar-refractivity contribution in [1.82, 2.24) is 0 Å². The lowest BCUT2D eigenvalue weighted by Crippen LogP contribution is -1.99. The van der Waals surface area contributed by atoms with Crippen LogP contribution in [0.4, 0.5) is 0 Å². The van der Waals surface area contributed by atoms with Gasteiger partial charge in [-0.3, -0.25) is 0 Å². The summed E-state index contributed by atoms with van der Waals surface area (Å²) in [5.41, 5.74) is 1.76. The van der Waals surface area contributed by atoms with E-state index in [1.165, 1.54) is 0 Å². The maximum absolute atomic E-state index is 8.71. The van der Waals surface area contributed by atoms with Crippen molar-refractivity contribution in [2.24, 2.45) is 0 Å². The van der Waals surface area contributed by atoms with Crippen molar-refractivity contribution >= 4 is 40.4 Å². The molecule has 0 aliphatic rings. The molecule has 20 heavy (non-hydrogen) atoms. The molecule has 0 aliphatic carbocycles. The number of hydrogen-bond donors (Lipinski definition) is 1. The molecule has 4 rings (SSSR count). The lowest BCUT2D eigenvalue weighted by molar-refractivity contribution is 0.454. The summed E-state index contributed by atoms with van der Waals surface area (Å²) < 4.78 is 10.9. The Morgan fingerprint density at radius 1 is 0.900 bits per heavy atom. The number of furan rings is 1. The summed E-state index contributed by atoms with van der Waals surface area (Å²) in [7, 11) is 0.687. The predicted octanol–water partition coefficient (Wildman–Crippen LogP) is 3.64. The molecule has 3 nitrogen and oxygen atoms in total. The van der Waals surface area contributed by atoms with Crippen LogP contribution < -0.4 is 4.65 Å². The normalized spacial score (nSPS) is 11.2. The molecule has 3 aromatic carbocycles. The Morgan fingerprint density at radius 2 is 1.80 bits per heavy atom. The Bertz CT molecular complexity index is 927. The van der Waals surface area contributed by atoms with Crippen molar-refractivity contribution in [3.63, 3.8) is 0 Å². The van der Waals surface area contributed by atoms with Crippen molar-refractivity contribution in [2.75, 3.05) is 0 Å². The fraction of sp³-hybridized carbons (Fsp3) is 0. The van der Waals surface area contributed by atoms with Crippen molar-refractivity contribution in [3.8, 4) is 5.75 Å². The zero-order valence-electron chi connectivity index (χ0n) is 10.5. The van der Waals surface area contributed by atoms with E-state index in [1.807, 2.05) is 48.5 Å². The number of para-hydroxylation sites is 1. The highest BCUT2D eigenvalue weighted by Gasteiger charge is 2.10. The number of hydrogen-bond acceptors (Lipinski definition) is 3. The zero-order valence-corrected chi connectivity index (χ0v) is 10.5. The van der Waals surface area contributed by atoms with Gasteiger partial charge in [0.15, 0.2) is 0 Å². The molecule has 0 aliphatic heterocycles. The van der Waals surface area contributed by atoms with E-state index in [0.29, 0.717) is 13.4 Å². The third-order valence-electron chi connectivity index (χ3n) is 3.52. The molecule has 0 atom stereocenters. The highest BCUT2D eigenvalue weighted by Crippen LogP contribution is 2.35. The van der Waals surface area contributed by atoms with E-state index >= 15 is 0 Å². The average molecular weight is 261 g/mol. The molecule has 0 bridgehead atoms. The fourth-order valence-corrected chi connectivity index (χ4v) is 2.67. The van der Waals surface area contributed by atoms with Crippen molar-refractivity contribution in [3.05, 3.63) is 54.6 Å². The van der Waals surface area contributed by atoms with Crippen LogP contribution in [0, 0.1) is 0 Å². The predicted molar refractivity (Wildman–Crippen MR) is 79.8 cm³/mol. The molecule has 0 amide bonds. The maximum Gasteiger partial charge on any atom is 0.569 e. The van der Waals surface area contributed by atoms with Gasteiger partial charge in [0.25, 0.3) is 0 Å². The van der Waals surface area contributed by atoms with Crippen LogP contribution in [0.5, 0.6) is 5.75 Å². The summed E-state index contributed by atoms with van der Waals surface area (Å²) in [6.07, 6.45) is 0. The molecule has 0 saturated heterocycles. The molecule has 1 radical (unpaired) electrons. The van der Waals surface area contributed by atoms with Gasteiger partial charge in [0.2, 0.25) is 0 Å². The molecule has 4 aromatic rings. The summed E-state index contributed by atoms with van der Waals surface area (Å²) in [5.74, 6) is 0.604. The highest BCUT2D eigenvalue weighted by atomic mass is 16.5. The van der Waals surface area contributed by atoms with Crippen molar-refractivity contribution < 1.29 is 14.1 Å². The Balaban J connectivity index is 2.11. The van der Waals surface area contributed by atoms with Gasteiger partial charge in [-0.25, -0.2) is 0 Å². The van der Waals surface area contributed by atoms with Crippen LogP contribution in [0.15, 0.2) is 59.0 Å². The van der Waals surface area contributed by atoms with Crippen LogP contribution in [0.1, 0.15) is 0 Å². The molecule has 0 fully saturated rings. The Hall–Kier alpha value is -2.46. The van der Waals surface area contributed by atoms with E-state index in [0.717, 1.165) is 32.7 Å². The first-order chi connectivity index (χ1) is 9.86. The quantitative estimate of drug-likeness (QED) is 0.560. The van der Waals surface area contributed by atoms with Crippen LogP contribution in [-0.4, -0.2) is 12.7 Å². The number of benzene rings is 3. The van der Waals surface area contributed by atoms with E-state index in [9.17, 15) is 0 Å². The molecule has 95 valence electrons. The zero-order chi connectivity index (χ0) is 13.5. The Morgan fingerprint density at radius 3 is 2.70 bits per heavy atom. The smallest absolute Gasteiger partial charge is 0.537 e. The highest BCUT2D eigenvalue weighted by molar-refractivity contribution is 6.19. The molecular formula is C16H10BO3. The third kappa shape index (κ3) is 1.59. The van der Waals surface area contributed by atoms with Crippen LogP contribution in [0.2, 0.25) is 0 Å². The molecule has 1 aromatic heterocycles.